The Hall–Kier alpha value is -2.85. The van der Waals surface area contributed by atoms with Crippen molar-refractivity contribution in [3.63, 3.8) is 0 Å². The number of anilines is 2. The molecular weight excluding hydrogens is 312 g/mol. The standard InChI is InChI=1S/C21H21N2O2/c1-2-25-19-13-11-17(12-14-19)21(24)16-22-15-7-6-10-20(22)23(21)18-8-4-3-5-9-18/h3-15,24H,2,16H2,1H3/q+1/t21-/m1/s1. The van der Waals surface area contributed by atoms with Crippen molar-refractivity contribution >= 4 is 11.5 Å². The number of ether oxygens (including phenoxy) is 1. The van der Waals surface area contributed by atoms with Gasteiger partial charge in [-0.05, 0) is 49.4 Å². The molecule has 0 spiro atoms. The number of hydrogen-bond donors (Lipinski definition) is 1. The van der Waals surface area contributed by atoms with Gasteiger partial charge in [-0.3, -0.25) is 0 Å². The summed E-state index contributed by atoms with van der Waals surface area (Å²) >= 11 is 0. The summed E-state index contributed by atoms with van der Waals surface area (Å²) in [5, 5.41) is 11.7. The van der Waals surface area contributed by atoms with Gasteiger partial charge in [0.2, 0.25) is 0 Å². The molecule has 3 aromatic rings. The number of para-hydroxylation sites is 1. The molecule has 25 heavy (non-hydrogen) atoms. The van der Waals surface area contributed by atoms with Crippen LogP contribution in [0, 0.1) is 0 Å². The van der Waals surface area contributed by atoms with Crippen LogP contribution in [0.1, 0.15) is 12.5 Å². The van der Waals surface area contributed by atoms with Gasteiger partial charge in [-0.2, -0.15) is 4.90 Å². The van der Waals surface area contributed by atoms with Gasteiger partial charge in [0.05, 0.1) is 12.8 Å². The first-order chi connectivity index (χ1) is 12.2. The predicted molar refractivity (Wildman–Crippen MR) is 96.7 cm³/mol. The SMILES string of the molecule is CCOc1ccc([C@]2(O)C[n+]3ccccc3N2c2ccccc2)cc1. The minimum Gasteiger partial charge on any atom is -0.494 e. The van der Waals surface area contributed by atoms with Gasteiger partial charge in [0.15, 0.2) is 6.54 Å². The Morgan fingerprint density at radius 1 is 1.00 bits per heavy atom. The van der Waals surface area contributed by atoms with Crippen molar-refractivity contribution in [3.8, 4) is 5.75 Å². The van der Waals surface area contributed by atoms with E-state index < -0.39 is 5.72 Å². The average molecular weight is 333 g/mol. The maximum absolute atomic E-state index is 11.7. The summed E-state index contributed by atoms with van der Waals surface area (Å²) in [6.07, 6.45) is 2.00. The van der Waals surface area contributed by atoms with E-state index in [9.17, 15) is 5.11 Å². The smallest absolute Gasteiger partial charge is 0.284 e. The lowest BCUT2D eigenvalue weighted by atomic mass is 10.0. The Labute approximate surface area is 147 Å². The molecule has 2 heterocycles. The normalized spacial score (nSPS) is 18.9. The first kappa shape index (κ1) is 15.7. The van der Waals surface area contributed by atoms with Crippen LogP contribution >= 0.6 is 0 Å². The molecular formula is C21H21N2O2+. The summed E-state index contributed by atoms with van der Waals surface area (Å²) in [5.74, 6) is 1.77. The van der Waals surface area contributed by atoms with Gasteiger partial charge in [-0.1, -0.05) is 24.3 Å². The van der Waals surface area contributed by atoms with E-state index in [1.54, 1.807) is 0 Å². The molecule has 0 saturated heterocycles. The Bertz CT molecular complexity index is 865. The molecule has 126 valence electrons. The third-order valence-electron chi connectivity index (χ3n) is 4.55. The Balaban J connectivity index is 1.82. The van der Waals surface area contributed by atoms with Crippen LogP contribution in [-0.4, -0.2) is 11.7 Å². The molecule has 0 radical (unpaired) electrons. The second-order valence-electron chi connectivity index (χ2n) is 6.13. The number of pyridine rings is 1. The van der Waals surface area contributed by atoms with E-state index in [1.807, 2.05) is 90.8 Å². The molecule has 4 nitrogen and oxygen atoms in total. The molecule has 1 aliphatic rings. The highest BCUT2D eigenvalue weighted by Gasteiger charge is 2.52. The highest BCUT2D eigenvalue weighted by molar-refractivity contribution is 5.62. The van der Waals surface area contributed by atoms with Crippen LogP contribution in [0.25, 0.3) is 0 Å². The van der Waals surface area contributed by atoms with Crippen LogP contribution < -0.4 is 14.2 Å². The summed E-state index contributed by atoms with van der Waals surface area (Å²) in [6, 6.07) is 23.7. The van der Waals surface area contributed by atoms with Crippen molar-refractivity contribution < 1.29 is 14.4 Å². The largest absolute Gasteiger partial charge is 0.494 e. The molecule has 0 aliphatic carbocycles. The van der Waals surface area contributed by atoms with E-state index >= 15 is 0 Å². The molecule has 1 atom stereocenters. The third kappa shape index (κ3) is 2.65. The summed E-state index contributed by atoms with van der Waals surface area (Å²) < 4.78 is 7.60. The van der Waals surface area contributed by atoms with Gasteiger partial charge in [-0.25, -0.2) is 4.57 Å². The maximum Gasteiger partial charge on any atom is 0.284 e. The zero-order valence-electron chi connectivity index (χ0n) is 14.2. The van der Waals surface area contributed by atoms with Crippen molar-refractivity contribution in [2.24, 2.45) is 0 Å². The highest BCUT2D eigenvalue weighted by Crippen LogP contribution is 2.41. The summed E-state index contributed by atoms with van der Waals surface area (Å²) in [7, 11) is 0. The number of aromatic nitrogens is 1. The fourth-order valence-corrected chi connectivity index (χ4v) is 3.43. The molecule has 1 aromatic heterocycles. The van der Waals surface area contributed by atoms with Crippen molar-refractivity contribution in [1.82, 2.24) is 0 Å². The number of nitrogens with zero attached hydrogens (tertiary/aromatic N) is 2. The molecule has 1 aliphatic heterocycles. The number of hydrogen-bond acceptors (Lipinski definition) is 3. The molecule has 1 N–H and O–H groups in total. The van der Waals surface area contributed by atoms with Crippen molar-refractivity contribution in [3.05, 3.63) is 84.6 Å². The maximum atomic E-state index is 11.7. The fourth-order valence-electron chi connectivity index (χ4n) is 3.43. The van der Waals surface area contributed by atoms with Gasteiger partial charge in [0, 0.05) is 11.6 Å². The molecule has 0 fully saturated rings. The number of fused-ring (bicyclic) bond motifs is 1. The van der Waals surface area contributed by atoms with Crippen LogP contribution in [0.3, 0.4) is 0 Å². The second-order valence-corrected chi connectivity index (χ2v) is 6.13. The Morgan fingerprint density at radius 3 is 2.44 bits per heavy atom. The Kier molecular flexibility index (Phi) is 3.90. The predicted octanol–water partition coefficient (Wildman–Crippen LogP) is 3.37. The molecule has 0 bridgehead atoms. The molecule has 2 aromatic carbocycles. The van der Waals surface area contributed by atoms with Gasteiger partial charge in [0.1, 0.15) is 11.4 Å². The monoisotopic (exact) mass is 333 g/mol. The number of benzene rings is 2. The summed E-state index contributed by atoms with van der Waals surface area (Å²) in [5.41, 5.74) is 0.639. The van der Waals surface area contributed by atoms with Crippen LogP contribution in [0.15, 0.2) is 79.0 Å². The Morgan fingerprint density at radius 2 is 1.72 bits per heavy atom. The van der Waals surface area contributed by atoms with E-state index in [0.29, 0.717) is 13.2 Å². The zero-order chi connectivity index (χ0) is 17.3. The van der Waals surface area contributed by atoms with Crippen LogP contribution in [0.4, 0.5) is 11.5 Å². The lowest BCUT2D eigenvalue weighted by Crippen LogP contribution is -2.43. The van der Waals surface area contributed by atoms with Crippen LogP contribution in [-0.2, 0) is 12.3 Å². The quantitative estimate of drug-likeness (QED) is 0.744. The molecule has 0 saturated carbocycles. The van der Waals surface area contributed by atoms with E-state index in [2.05, 4.69) is 4.57 Å². The molecule has 4 rings (SSSR count). The fraction of sp³-hybridized carbons (Fsp3) is 0.190. The van der Waals surface area contributed by atoms with Crippen molar-refractivity contribution in [1.29, 1.82) is 0 Å². The second kappa shape index (κ2) is 6.22. The summed E-state index contributed by atoms with van der Waals surface area (Å²) in [6.45, 7) is 3.05. The van der Waals surface area contributed by atoms with Crippen molar-refractivity contribution in [2.45, 2.75) is 19.2 Å². The molecule has 0 amide bonds. The van der Waals surface area contributed by atoms with Gasteiger partial charge in [0.25, 0.3) is 11.5 Å². The number of aliphatic hydroxyl groups is 1. The van der Waals surface area contributed by atoms with E-state index in [0.717, 1.165) is 22.8 Å². The van der Waals surface area contributed by atoms with Crippen molar-refractivity contribution in [2.75, 3.05) is 11.5 Å². The molecule has 0 unspecified atom stereocenters. The van der Waals surface area contributed by atoms with Gasteiger partial charge < -0.3 is 9.84 Å². The highest BCUT2D eigenvalue weighted by atomic mass is 16.5. The van der Waals surface area contributed by atoms with E-state index in [-0.39, 0.29) is 0 Å². The first-order valence-electron chi connectivity index (χ1n) is 8.52. The lowest BCUT2D eigenvalue weighted by molar-refractivity contribution is -0.683. The number of rotatable bonds is 4. The lowest BCUT2D eigenvalue weighted by Gasteiger charge is -2.27. The summed E-state index contributed by atoms with van der Waals surface area (Å²) in [4.78, 5) is 1.99. The van der Waals surface area contributed by atoms with Gasteiger partial charge in [-0.15, -0.1) is 0 Å². The molecule has 4 heteroatoms. The topological polar surface area (TPSA) is 36.6 Å². The average Bonchev–Trinajstić information content (AvgIpc) is 2.96. The van der Waals surface area contributed by atoms with E-state index in [4.69, 9.17) is 4.74 Å². The van der Waals surface area contributed by atoms with Crippen LogP contribution in [0.5, 0.6) is 5.75 Å². The zero-order valence-corrected chi connectivity index (χ0v) is 14.2. The van der Waals surface area contributed by atoms with Crippen LogP contribution in [0.2, 0.25) is 0 Å². The van der Waals surface area contributed by atoms with E-state index in [1.165, 1.54) is 0 Å². The minimum absolute atomic E-state index is 0.464. The first-order valence-corrected chi connectivity index (χ1v) is 8.52. The third-order valence-corrected chi connectivity index (χ3v) is 4.55. The minimum atomic E-state index is -1.15. The van der Waals surface area contributed by atoms with Gasteiger partial charge >= 0.3 is 0 Å².